The van der Waals surface area contributed by atoms with Gasteiger partial charge in [0.2, 0.25) is 5.82 Å². The number of carbonyl (C=O) groups is 1. The van der Waals surface area contributed by atoms with Crippen molar-refractivity contribution in [3.05, 3.63) is 18.1 Å². The van der Waals surface area contributed by atoms with E-state index in [4.69, 9.17) is 5.11 Å². The molecule has 0 fully saturated rings. The standard InChI is InChI=1S/C12H19N3O3/c1-12(2,5-7-16)8-14-9-4-6-13-10(15-9)11(17)18-3/h4,6,16H,5,7-8H2,1-3H3,(H,13,14,15). The van der Waals surface area contributed by atoms with Gasteiger partial charge in [0, 0.05) is 19.3 Å². The lowest BCUT2D eigenvalue weighted by Gasteiger charge is -2.24. The monoisotopic (exact) mass is 253 g/mol. The van der Waals surface area contributed by atoms with Crippen LogP contribution in [-0.4, -0.2) is 41.3 Å². The van der Waals surface area contributed by atoms with E-state index in [-0.39, 0.29) is 17.8 Å². The number of methoxy groups -OCH3 is 1. The maximum Gasteiger partial charge on any atom is 0.376 e. The molecule has 0 spiro atoms. The lowest BCUT2D eigenvalue weighted by molar-refractivity contribution is 0.0587. The first-order valence-corrected chi connectivity index (χ1v) is 5.74. The molecule has 100 valence electrons. The number of aliphatic hydroxyl groups excluding tert-OH is 1. The molecule has 0 aromatic carbocycles. The van der Waals surface area contributed by atoms with Crippen LogP contribution in [0.4, 0.5) is 5.82 Å². The summed E-state index contributed by atoms with van der Waals surface area (Å²) in [6, 6.07) is 1.68. The van der Waals surface area contributed by atoms with Gasteiger partial charge in [-0.2, -0.15) is 0 Å². The molecule has 18 heavy (non-hydrogen) atoms. The molecule has 6 nitrogen and oxygen atoms in total. The number of aliphatic hydroxyl groups is 1. The van der Waals surface area contributed by atoms with Gasteiger partial charge < -0.3 is 15.2 Å². The van der Waals surface area contributed by atoms with Gasteiger partial charge in [0.1, 0.15) is 5.82 Å². The number of anilines is 1. The molecular weight excluding hydrogens is 234 g/mol. The maximum atomic E-state index is 11.3. The largest absolute Gasteiger partial charge is 0.463 e. The van der Waals surface area contributed by atoms with Crippen molar-refractivity contribution < 1.29 is 14.6 Å². The van der Waals surface area contributed by atoms with Crippen LogP contribution in [0.15, 0.2) is 12.3 Å². The van der Waals surface area contributed by atoms with E-state index in [0.29, 0.717) is 18.8 Å². The van der Waals surface area contributed by atoms with E-state index < -0.39 is 5.97 Å². The minimum atomic E-state index is -0.562. The van der Waals surface area contributed by atoms with E-state index in [2.05, 4.69) is 20.0 Å². The number of rotatable bonds is 6. The van der Waals surface area contributed by atoms with Crippen LogP contribution in [0.1, 0.15) is 30.9 Å². The summed E-state index contributed by atoms with van der Waals surface area (Å²) in [5.74, 6) is 0.0344. The van der Waals surface area contributed by atoms with Gasteiger partial charge in [-0.15, -0.1) is 0 Å². The van der Waals surface area contributed by atoms with Crippen molar-refractivity contribution in [1.82, 2.24) is 9.97 Å². The van der Waals surface area contributed by atoms with Crippen LogP contribution < -0.4 is 5.32 Å². The first kappa shape index (κ1) is 14.4. The highest BCUT2D eigenvalue weighted by Crippen LogP contribution is 2.20. The number of aromatic nitrogens is 2. The Morgan fingerprint density at radius 3 is 2.89 bits per heavy atom. The lowest BCUT2D eigenvalue weighted by Crippen LogP contribution is -2.25. The molecular formula is C12H19N3O3. The smallest absolute Gasteiger partial charge is 0.376 e. The maximum absolute atomic E-state index is 11.3. The lowest BCUT2D eigenvalue weighted by atomic mass is 9.90. The molecule has 0 unspecified atom stereocenters. The van der Waals surface area contributed by atoms with Gasteiger partial charge in [-0.25, -0.2) is 14.8 Å². The minimum absolute atomic E-state index is 0.0301. The minimum Gasteiger partial charge on any atom is -0.463 e. The van der Waals surface area contributed by atoms with Gasteiger partial charge in [-0.1, -0.05) is 13.8 Å². The summed E-state index contributed by atoms with van der Waals surface area (Å²) in [5.41, 5.74) is -0.0505. The summed E-state index contributed by atoms with van der Waals surface area (Å²) in [7, 11) is 1.29. The third-order valence-electron chi connectivity index (χ3n) is 2.56. The fourth-order valence-corrected chi connectivity index (χ4v) is 1.37. The summed E-state index contributed by atoms with van der Waals surface area (Å²) >= 11 is 0. The Bertz CT molecular complexity index is 407. The number of hydrogen-bond donors (Lipinski definition) is 2. The molecule has 2 N–H and O–H groups in total. The van der Waals surface area contributed by atoms with E-state index in [0.717, 1.165) is 0 Å². The average Bonchev–Trinajstić information content (AvgIpc) is 2.36. The Kier molecular flexibility index (Phi) is 5.03. The van der Waals surface area contributed by atoms with E-state index >= 15 is 0 Å². The van der Waals surface area contributed by atoms with Crippen molar-refractivity contribution in [3.8, 4) is 0 Å². The van der Waals surface area contributed by atoms with Crippen LogP contribution in [-0.2, 0) is 4.74 Å². The number of nitrogens with zero attached hydrogens (tertiary/aromatic N) is 2. The molecule has 1 aromatic rings. The number of carbonyl (C=O) groups excluding carboxylic acids is 1. The molecule has 1 heterocycles. The van der Waals surface area contributed by atoms with Crippen LogP contribution >= 0.6 is 0 Å². The molecule has 0 radical (unpaired) electrons. The van der Waals surface area contributed by atoms with Crippen LogP contribution in [0.2, 0.25) is 0 Å². The highest BCUT2D eigenvalue weighted by Gasteiger charge is 2.17. The Labute approximate surface area is 106 Å². The van der Waals surface area contributed by atoms with Crippen molar-refractivity contribution in [1.29, 1.82) is 0 Å². The van der Waals surface area contributed by atoms with Gasteiger partial charge in [-0.3, -0.25) is 0 Å². The molecule has 0 bridgehead atoms. The highest BCUT2D eigenvalue weighted by atomic mass is 16.5. The third kappa shape index (κ3) is 4.29. The normalized spacial score (nSPS) is 11.1. The van der Waals surface area contributed by atoms with Crippen LogP contribution in [0.3, 0.4) is 0 Å². The Hall–Kier alpha value is -1.69. The Balaban J connectivity index is 2.65. The van der Waals surface area contributed by atoms with E-state index in [9.17, 15) is 4.79 Å². The van der Waals surface area contributed by atoms with Gasteiger partial charge >= 0.3 is 5.97 Å². The average molecular weight is 253 g/mol. The molecule has 0 atom stereocenters. The van der Waals surface area contributed by atoms with Crippen molar-refractivity contribution in [2.24, 2.45) is 5.41 Å². The first-order chi connectivity index (χ1) is 8.48. The molecule has 1 rings (SSSR count). The quantitative estimate of drug-likeness (QED) is 0.738. The Morgan fingerprint density at radius 1 is 1.56 bits per heavy atom. The number of ether oxygens (including phenoxy) is 1. The molecule has 0 amide bonds. The molecule has 0 aliphatic rings. The summed E-state index contributed by atoms with van der Waals surface area (Å²) < 4.78 is 4.55. The zero-order chi connectivity index (χ0) is 13.6. The van der Waals surface area contributed by atoms with Crippen LogP contribution in [0.5, 0.6) is 0 Å². The van der Waals surface area contributed by atoms with Crippen molar-refractivity contribution >= 4 is 11.8 Å². The van der Waals surface area contributed by atoms with Gasteiger partial charge in [0.15, 0.2) is 0 Å². The van der Waals surface area contributed by atoms with Crippen molar-refractivity contribution in [3.63, 3.8) is 0 Å². The molecule has 0 aliphatic heterocycles. The third-order valence-corrected chi connectivity index (χ3v) is 2.56. The highest BCUT2D eigenvalue weighted by molar-refractivity contribution is 5.85. The fraction of sp³-hybridized carbons (Fsp3) is 0.583. The number of nitrogens with one attached hydrogen (secondary N) is 1. The van der Waals surface area contributed by atoms with E-state index in [1.54, 1.807) is 6.07 Å². The first-order valence-electron chi connectivity index (χ1n) is 5.74. The van der Waals surface area contributed by atoms with E-state index in [1.807, 2.05) is 13.8 Å². The van der Waals surface area contributed by atoms with Crippen LogP contribution in [0.25, 0.3) is 0 Å². The molecule has 0 saturated carbocycles. The second-order valence-corrected chi connectivity index (χ2v) is 4.75. The Morgan fingerprint density at radius 2 is 2.28 bits per heavy atom. The van der Waals surface area contributed by atoms with Gasteiger partial charge in [-0.05, 0) is 17.9 Å². The van der Waals surface area contributed by atoms with E-state index in [1.165, 1.54) is 13.3 Å². The fourth-order valence-electron chi connectivity index (χ4n) is 1.37. The molecule has 6 heteroatoms. The second-order valence-electron chi connectivity index (χ2n) is 4.75. The topological polar surface area (TPSA) is 84.3 Å². The van der Waals surface area contributed by atoms with Crippen molar-refractivity contribution in [2.75, 3.05) is 25.6 Å². The number of hydrogen-bond acceptors (Lipinski definition) is 6. The van der Waals surface area contributed by atoms with Crippen LogP contribution in [0, 0.1) is 5.41 Å². The second kappa shape index (κ2) is 6.30. The predicted molar refractivity (Wildman–Crippen MR) is 67.3 cm³/mol. The van der Waals surface area contributed by atoms with Crippen molar-refractivity contribution in [2.45, 2.75) is 20.3 Å². The molecule has 1 aromatic heterocycles. The zero-order valence-electron chi connectivity index (χ0n) is 10.9. The summed E-state index contributed by atoms with van der Waals surface area (Å²) in [6.07, 6.45) is 2.19. The predicted octanol–water partition coefficient (Wildman–Crippen LogP) is 1.08. The number of esters is 1. The summed E-state index contributed by atoms with van der Waals surface area (Å²) in [5, 5.41) is 12.1. The van der Waals surface area contributed by atoms with Gasteiger partial charge in [0.25, 0.3) is 0 Å². The van der Waals surface area contributed by atoms with Gasteiger partial charge in [0.05, 0.1) is 7.11 Å². The molecule has 0 saturated heterocycles. The SMILES string of the molecule is COC(=O)c1nccc(NCC(C)(C)CCO)n1. The summed E-state index contributed by atoms with van der Waals surface area (Å²) in [4.78, 5) is 19.1. The molecule has 0 aliphatic carbocycles. The summed E-state index contributed by atoms with van der Waals surface area (Å²) in [6.45, 7) is 4.87. The zero-order valence-corrected chi connectivity index (χ0v) is 10.9.